The number of pyridine rings is 1. The van der Waals surface area contributed by atoms with Gasteiger partial charge >= 0.3 is 0 Å². The van der Waals surface area contributed by atoms with E-state index in [9.17, 15) is 5.26 Å². The number of hydrogen-bond acceptors (Lipinski definition) is 5. The van der Waals surface area contributed by atoms with Gasteiger partial charge in [-0.2, -0.15) is 5.26 Å². The molecule has 0 fully saturated rings. The molecule has 4 aromatic rings. The molecule has 0 atom stereocenters. The number of nitrogens with two attached hydrogens (primary N) is 1. The summed E-state index contributed by atoms with van der Waals surface area (Å²) in [6.45, 7) is 2.04. The number of rotatable bonds is 4. The van der Waals surface area contributed by atoms with E-state index < -0.39 is 0 Å². The first kappa shape index (κ1) is 17.8. The molecule has 28 heavy (non-hydrogen) atoms. The van der Waals surface area contributed by atoms with Crippen LogP contribution in [0.5, 0.6) is 11.5 Å². The largest absolute Gasteiger partial charge is 0.457 e. The Bertz CT molecular complexity index is 1160. The Kier molecular flexibility index (Phi) is 4.79. The van der Waals surface area contributed by atoms with Gasteiger partial charge < -0.3 is 10.5 Å². The highest BCUT2D eigenvalue weighted by molar-refractivity contribution is 7.15. The van der Waals surface area contributed by atoms with Crippen LogP contribution in [0.3, 0.4) is 0 Å². The molecule has 4 nitrogen and oxygen atoms in total. The van der Waals surface area contributed by atoms with Gasteiger partial charge in [-0.05, 0) is 61.5 Å². The number of para-hydroxylation sites is 1. The van der Waals surface area contributed by atoms with Gasteiger partial charge in [-0.15, -0.1) is 11.3 Å². The van der Waals surface area contributed by atoms with Gasteiger partial charge in [0.2, 0.25) is 0 Å². The predicted octanol–water partition coefficient (Wildman–Crippen LogP) is 6.03. The molecule has 0 spiro atoms. The first-order chi connectivity index (χ1) is 13.6. The molecule has 0 saturated carbocycles. The van der Waals surface area contributed by atoms with Crippen molar-refractivity contribution < 1.29 is 4.74 Å². The van der Waals surface area contributed by atoms with Crippen LogP contribution in [0, 0.1) is 18.3 Å². The average Bonchev–Trinajstić information content (AvgIpc) is 3.15. The molecule has 2 heterocycles. The van der Waals surface area contributed by atoms with E-state index in [0.29, 0.717) is 5.56 Å². The fourth-order valence-corrected chi connectivity index (χ4v) is 3.81. The van der Waals surface area contributed by atoms with Crippen molar-refractivity contribution in [2.45, 2.75) is 6.92 Å². The lowest BCUT2D eigenvalue weighted by atomic mass is 10.0. The second kappa shape index (κ2) is 7.55. The molecule has 0 amide bonds. The molecule has 2 N–H and O–H groups in total. The van der Waals surface area contributed by atoms with E-state index in [1.165, 1.54) is 4.88 Å². The predicted molar refractivity (Wildman–Crippen MR) is 113 cm³/mol. The molecule has 0 unspecified atom stereocenters. The summed E-state index contributed by atoms with van der Waals surface area (Å²) in [7, 11) is 0. The Morgan fingerprint density at radius 2 is 1.68 bits per heavy atom. The van der Waals surface area contributed by atoms with Gasteiger partial charge in [-0.1, -0.05) is 18.2 Å². The SMILES string of the molecule is Cc1ccc(-c2cc(-c3ccc(Oc4ccccc4)cc3)nc(N)c2C#N)s1. The number of aryl methyl sites for hydroxylation is 1. The molecule has 2 aromatic heterocycles. The quantitative estimate of drug-likeness (QED) is 0.467. The van der Waals surface area contributed by atoms with Crippen LogP contribution in [0.25, 0.3) is 21.7 Å². The number of nitrogens with zero attached hydrogens (tertiary/aromatic N) is 2. The normalized spacial score (nSPS) is 10.4. The minimum absolute atomic E-state index is 0.241. The Morgan fingerprint density at radius 3 is 2.32 bits per heavy atom. The minimum Gasteiger partial charge on any atom is -0.457 e. The number of thiophene rings is 1. The third-order valence-electron chi connectivity index (χ3n) is 4.29. The summed E-state index contributed by atoms with van der Waals surface area (Å²) in [5, 5.41) is 9.52. The third kappa shape index (κ3) is 3.59. The molecule has 0 saturated heterocycles. The first-order valence-corrected chi connectivity index (χ1v) is 9.56. The molecule has 0 bridgehead atoms. The van der Waals surface area contributed by atoms with Crippen molar-refractivity contribution in [3.8, 4) is 39.3 Å². The van der Waals surface area contributed by atoms with E-state index in [1.807, 2.05) is 79.7 Å². The Hall–Kier alpha value is -3.62. The molecular formula is C23H17N3OS. The van der Waals surface area contributed by atoms with Crippen molar-refractivity contribution >= 4 is 17.2 Å². The minimum atomic E-state index is 0.241. The highest BCUT2D eigenvalue weighted by Crippen LogP contribution is 2.35. The van der Waals surface area contributed by atoms with Crippen LogP contribution in [-0.2, 0) is 0 Å². The standard InChI is InChI=1S/C23H17N3OS/c1-15-7-12-22(28-15)19-13-21(26-23(25)20(19)14-24)16-8-10-18(11-9-16)27-17-5-3-2-4-6-17/h2-13H,1H3,(H2,25,26). The van der Waals surface area contributed by atoms with Crippen molar-refractivity contribution in [2.24, 2.45) is 0 Å². The Morgan fingerprint density at radius 1 is 0.964 bits per heavy atom. The maximum Gasteiger partial charge on any atom is 0.142 e. The molecular weight excluding hydrogens is 366 g/mol. The summed E-state index contributed by atoms with van der Waals surface area (Å²) < 4.78 is 5.84. The number of hydrogen-bond donors (Lipinski definition) is 1. The van der Waals surface area contributed by atoms with Gasteiger partial charge in [0.05, 0.1) is 5.69 Å². The number of aromatic nitrogens is 1. The van der Waals surface area contributed by atoms with Crippen molar-refractivity contribution in [2.75, 3.05) is 5.73 Å². The summed E-state index contributed by atoms with van der Waals surface area (Å²) in [5.41, 5.74) is 8.95. The van der Waals surface area contributed by atoms with Crippen LogP contribution in [0.4, 0.5) is 5.82 Å². The highest BCUT2D eigenvalue weighted by atomic mass is 32.1. The fourth-order valence-electron chi connectivity index (χ4n) is 2.92. The number of anilines is 1. The smallest absolute Gasteiger partial charge is 0.142 e. The van der Waals surface area contributed by atoms with Gasteiger partial charge in [0.1, 0.15) is 28.9 Å². The summed E-state index contributed by atoms with van der Waals surface area (Å²) in [5.74, 6) is 1.77. The number of nitriles is 1. The molecule has 5 heteroatoms. The summed E-state index contributed by atoms with van der Waals surface area (Å²) in [4.78, 5) is 6.63. The zero-order valence-electron chi connectivity index (χ0n) is 15.2. The van der Waals surface area contributed by atoms with Crippen molar-refractivity contribution in [3.63, 3.8) is 0 Å². The second-order valence-electron chi connectivity index (χ2n) is 6.28. The first-order valence-electron chi connectivity index (χ1n) is 8.75. The summed E-state index contributed by atoms with van der Waals surface area (Å²) >= 11 is 1.63. The molecule has 0 radical (unpaired) electrons. The van der Waals surface area contributed by atoms with Gasteiger partial charge in [0, 0.05) is 20.9 Å². The van der Waals surface area contributed by atoms with E-state index in [4.69, 9.17) is 10.5 Å². The van der Waals surface area contributed by atoms with Crippen molar-refractivity contribution in [1.29, 1.82) is 5.26 Å². The van der Waals surface area contributed by atoms with E-state index in [0.717, 1.165) is 33.2 Å². The lowest BCUT2D eigenvalue weighted by Gasteiger charge is -2.10. The monoisotopic (exact) mass is 383 g/mol. The molecule has 2 aromatic carbocycles. The zero-order valence-corrected chi connectivity index (χ0v) is 16.0. The lowest BCUT2D eigenvalue weighted by Crippen LogP contribution is -1.99. The van der Waals surface area contributed by atoms with Crippen molar-refractivity contribution in [1.82, 2.24) is 4.98 Å². The maximum atomic E-state index is 9.52. The molecule has 4 rings (SSSR count). The van der Waals surface area contributed by atoms with Gasteiger partial charge in [-0.3, -0.25) is 0 Å². The van der Waals surface area contributed by atoms with Crippen LogP contribution in [0.2, 0.25) is 0 Å². The third-order valence-corrected chi connectivity index (χ3v) is 5.33. The average molecular weight is 383 g/mol. The summed E-state index contributed by atoms with van der Waals surface area (Å²) in [6, 6.07) is 25.5. The number of benzene rings is 2. The summed E-state index contributed by atoms with van der Waals surface area (Å²) in [6.07, 6.45) is 0. The lowest BCUT2D eigenvalue weighted by molar-refractivity contribution is 0.483. The van der Waals surface area contributed by atoms with Crippen LogP contribution in [0.1, 0.15) is 10.4 Å². The number of nitrogen functional groups attached to an aromatic ring is 1. The number of ether oxygens (including phenoxy) is 1. The highest BCUT2D eigenvalue weighted by Gasteiger charge is 2.14. The Balaban J connectivity index is 1.69. The van der Waals surface area contributed by atoms with E-state index in [1.54, 1.807) is 11.3 Å². The maximum absolute atomic E-state index is 9.52. The molecule has 136 valence electrons. The zero-order chi connectivity index (χ0) is 19.5. The van der Waals surface area contributed by atoms with Gasteiger partial charge in [0.25, 0.3) is 0 Å². The van der Waals surface area contributed by atoms with Crippen molar-refractivity contribution in [3.05, 3.63) is 83.2 Å². The fraction of sp³-hybridized carbons (Fsp3) is 0.0435. The van der Waals surface area contributed by atoms with E-state index in [2.05, 4.69) is 11.1 Å². The Labute approximate surface area is 167 Å². The molecule has 0 aliphatic heterocycles. The van der Waals surface area contributed by atoms with Crippen LogP contribution >= 0.6 is 11.3 Å². The van der Waals surface area contributed by atoms with Crippen LogP contribution < -0.4 is 10.5 Å². The van der Waals surface area contributed by atoms with Crippen LogP contribution in [-0.4, -0.2) is 4.98 Å². The molecule has 0 aliphatic rings. The topological polar surface area (TPSA) is 71.9 Å². The molecule has 0 aliphatic carbocycles. The van der Waals surface area contributed by atoms with E-state index in [-0.39, 0.29) is 5.82 Å². The van der Waals surface area contributed by atoms with E-state index >= 15 is 0 Å². The second-order valence-corrected chi connectivity index (χ2v) is 7.56. The van der Waals surface area contributed by atoms with Gasteiger partial charge in [0.15, 0.2) is 0 Å². The van der Waals surface area contributed by atoms with Crippen LogP contribution in [0.15, 0.2) is 72.8 Å². The van der Waals surface area contributed by atoms with Gasteiger partial charge in [-0.25, -0.2) is 4.98 Å².